The lowest BCUT2D eigenvalue weighted by Crippen LogP contribution is -2.48. The van der Waals surface area contributed by atoms with Gasteiger partial charge in [-0.3, -0.25) is 9.69 Å². The van der Waals surface area contributed by atoms with E-state index in [9.17, 15) is 13.2 Å². The van der Waals surface area contributed by atoms with E-state index in [1.165, 1.54) is 0 Å². The molecule has 2 aliphatic heterocycles. The van der Waals surface area contributed by atoms with Gasteiger partial charge in [0.1, 0.15) is 0 Å². The fourth-order valence-corrected chi connectivity index (χ4v) is 5.87. The number of sulfone groups is 1. The van der Waals surface area contributed by atoms with Crippen molar-refractivity contribution < 1.29 is 18.3 Å². The third kappa shape index (κ3) is 3.19. The van der Waals surface area contributed by atoms with Gasteiger partial charge in [0, 0.05) is 17.3 Å². The van der Waals surface area contributed by atoms with Crippen molar-refractivity contribution in [2.24, 2.45) is 0 Å². The minimum Gasteiger partial charge on any atom is -0.480 e. The van der Waals surface area contributed by atoms with Gasteiger partial charge in [-0.05, 0) is 18.6 Å². The first-order valence-electron chi connectivity index (χ1n) is 6.18. The van der Waals surface area contributed by atoms with Crippen molar-refractivity contribution in [2.75, 3.05) is 23.8 Å². The molecule has 104 valence electrons. The molecule has 0 radical (unpaired) electrons. The van der Waals surface area contributed by atoms with E-state index >= 15 is 0 Å². The summed E-state index contributed by atoms with van der Waals surface area (Å²) in [6, 6.07) is 0.0849. The number of rotatable bonds is 4. The molecular formula is C11H19NO4S2. The maximum atomic E-state index is 11.5. The van der Waals surface area contributed by atoms with Crippen LogP contribution < -0.4 is 0 Å². The van der Waals surface area contributed by atoms with Crippen LogP contribution in [0.3, 0.4) is 0 Å². The number of thioether (sulfide) groups is 1. The summed E-state index contributed by atoms with van der Waals surface area (Å²) in [4.78, 5) is 12.9. The fourth-order valence-electron chi connectivity index (χ4n) is 2.87. The number of nitrogens with zero attached hydrogens (tertiary/aromatic N) is 1. The van der Waals surface area contributed by atoms with Gasteiger partial charge in [0.15, 0.2) is 9.84 Å². The molecule has 0 aromatic heterocycles. The van der Waals surface area contributed by atoms with Crippen molar-refractivity contribution in [1.29, 1.82) is 0 Å². The summed E-state index contributed by atoms with van der Waals surface area (Å²) < 4.78 is 23.1. The number of hydrogen-bond donors (Lipinski definition) is 1. The standard InChI is InChI=1S/C11H19NO4S2/c1-8-10(2-4-17-8)12(6-11(13)14)9-3-5-18(15,16)7-9/h8-10H,2-7H2,1H3,(H,13,14). The highest BCUT2D eigenvalue weighted by atomic mass is 32.2. The van der Waals surface area contributed by atoms with Crippen molar-refractivity contribution in [3.05, 3.63) is 0 Å². The lowest BCUT2D eigenvalue weighted by Gasteiger charge is -2.34. The Kier molecular flexibility index (Phi) is 4.23. The van der Waals surface area contributed by atoms with E-state index in [-0.39, 0.29) is 30.1 Å². The van der Waals surface area contributed by atoms with Crippen molar-refractivity contribution in [3.63, 3.8) is 0 Å². The maximum Gasteiger partial charge on any atom is 0.317 e. The molecule has 2 heterocycles. The van der Waals surface area contributed by atoms with Crippen LogP contribution in [0.4, 0.5) is 0 Å². The average molecular weight is 293 g/mol. The van der Waals surface area contributed by atoms with Crippen molar-refractivity contribution in [3.8, 4) is 0 Å². The van der Waals surface area contributed by atoms with Gasteiger partial charge in [-0.25, -0.2) is 8.42 Å². The second kappa shape index (κ2) is 5.38. The van der Waals surface area contributed by atoms with Gasteiger partial charge < -0.3 is 5.11 Å². The third-order valence-corrected chi connectivity index (χ3v) is 6.82. The molecule has 0 spiro atoms. The summed E-state index contributed by atoms with van der Waals surface area (Å²) in [5.74, 6) is 0.473. The number of aliphatic carboxylic acids is 1. The highest BCUT2D eigenvalue weighted by Gasteiger charge is 2.39. The lowest BCUT2D eigenvalue weighted by atomic mass is 10.1. The molecule has 2 aliphatic rings. The molecule has 2 rings (SSSR count). The van der Waals surface area contributed by atoms with Gasteiger partial charge in [0.2, 0.25) is 0 Å². The molecule has 18 heavy (non-hydrogen) atoms. The normalized spacial score (nSPS) is 35.1. The van der Waals surface area contributed by atoms with Crippen molar-refractivity contribution in [1.82, 2.24) is 4.90 Å². The highest BCUT2D eigenvalue weighted by Crippen LogP contribution is 2.33. The number of carboxylic acids is 1. The van der Waals surface area contributed by atoms with Crippen LogP contribution in [0.1, 0.15) is 19.8 Å². The van der Waals surface area contributed by atoms with Gasteiger partial charge in [0.05, 0.1) is 18.1 Å². The minimum atomic E-state index is -2.96. The van der Waals surface area contributed by atoms with E-state index in [0.717, 1.165) is 12.2 Å². The Bertz CT molecular complexity index is 423. The molecule has 0 aromatic carbocycles. The molecule has 7 heteroatoms. The zero-order valence-corrected chi connectivity index (χ0v) is 12.0. The predicted molar refractivity (Wildman–Crippen MR) is 71.7 cm³/mol. The van der Waals surface area contributed by atoms with Gasteiger partial charge in [-0.1, -0.05) is 6.92 Å². The van der Waals surface area contributed by atoms with Crippen molar-refractivity contribution in [2.45, 2.75) is 37.1 Å². The van der Waals surface area contributed by atoms with Gasteiger partial charge in [-0.15, -0.1) is 0 Å². The molecule has 1 N–H and O–H groups in total. The zero-order chi connectivity index (χ0) is 13.3. The van der Waals surface area contributed by atoms with E-state index in [4.69, 9.17) is 5.11 Å². The zero-order valence-electron chi connectivity index (χ0n) is 10.4. The molecule has 0 bridgehead atoms. The molecule has 3 unspecified atom stereocenters. The molecule has 3 atom stereocenters. The predicted octanol–water partition coefficient (Wildman–Crippen LogP) is 0.454. The van der Waals surface area contributed by atoms with E-state index < -0.39 is 15.8 Å². The minimum absolute atomic E-state index is 0.0459. The van der Waals surface area contributed by atoms with Gasteiger partial charge in [-0.2, -0.15) is 11.8 Å². The Balaban J connectivity index is 2.12. The van der Waals surface area contributed by atoms with Crippen LogP contribution in [0.5, 0.6) is 0 Å². The number of carboxylic acid groups (broad SMARTS) is 1. The largest absolute Gasteiger partial charge is 0.480 e. The van der Waals surface area contributed by atoms with E-state index in [2.05, 4.69) is 6.92 Å². The Morgan fingerprint density at radius 2 is 2.17 bits per heavy atom. The topological polar surface area (TPSA) is 74.7 Å². The van der Waals surface area contributed by atoms with Crippen LogP contribution in [0.2, 0.25) is 0 Å². The van der Waals surface area contributed by atoms with E-state index in [1.807, 2.05) is 16.7 Å². The van der Waals surface area contributed by atoms with Crippen LogP contribution in [-0.2, 0) is 14.6 Å². The summed E-state index contributed by atoms with van der Waals surface area (Å²) in [6.45, 7) is 2.05. The lowest BCUT2D eigenvalue weighted by molar-refractivity contribution is -0.139. The van der Waals surface area contributed by atoms with E-state index in [0.29, 0.717) is 11.7 Å². The smallest absolute Gasteiger partial charge is 0.317 e. The van der Waals surface area contributed by atoms with Gasteiger partial charge in [0.25, 0.3) is 0 Å². The van der Waals surface area contributed by atoms with Crippen LogP contribution in [0.15, 0.2) is 0 Å². The average Bonchev–Trinajstić information content (AvgIpc) is 2.81. The Morgan fingerprint density at radius 3 is 2.61 bits per heavy atom. The fraction of sp³-hybridized carbons (Fsp3) is 0.909. The molecule has 0 saturated carbocycles. The second-order valence-electron chi connectivity index (χ2n) is 5.05. The Labute approximate surface area is 112 Å². The Morgan fingerprint density at radius 1 is 1.44 bits per heavy atom. The van der Waals surface area contributed by atoms with Crippen LogP contribution in [0.25, 0.3) is 0 Å². The summed E-state index contributed by atoms with van der Waals surface area (Å²) in [5, 5.41) is 9.41. The first kappa shape index (κ1) is 14.1. The first-order chi connectivity index (χ1) is 8.39. The molecule has 5 nitrogen and oxygen atoms in total. The Hall–Kier alpha value is -0.270. The van der Waals surface area contributed by atoms with Crippen LogP contribution >= 0.6 is 11.8 Å². The van der Waals surface area contributed by atoms with Crippen LogP contribution in [-0.4, -0.2) is 65.5 Å². The SMILES string of the molecule is CC1SCCC1N(CC(=O)O)C1CCS(=O)(=O)C1. The van der Waals surface area contributed by atoms with Crippen LogP contribution in [0, 0.1) is 0 Å². The monoisotopic (exact) mass is 293 g/mol. The number of carbonyl (C=O) groups is 1. The first-order valence-corrected chi connectivity index (χ1v) is 9.05. The quantitative estimate of drug-likeness (QED) is 0.811. The highest BCUT2D eigenvalue weighted by molar-refractivity contribution is 8.00. The summed E-state index contributed by atoms with van der Waals surface area (Å²) in [6.07, 6.45) is 1.53. The van der Waals surface area contributed by atoms with Gasteiger partial charge >= 0.3 is 5.97 Å². The summed E-state index contributed by atoms with van der Waals surface area (Å²) in [7, 11) is -2.96. The van der Waals surface area contributed by atoms with E-state index in [1.54, 1.807) is 0 Å². The third-order valence-electron chi connectivity index (χ3n) is 3.76. The summed E-state index contributed by atoms with van der Waals surface area (Å²) in [5.41, 5.74) is 0. The van der Waals surface area contributed by atoms with Crippen molar-refractivity contribution >= 4 is 27.6 Å². The maximum absolute atomic E-state index is 11.5. The molecule has 0 aromatic rings. The summed E-state index contributed by atoms with van der Waals surface area (Å²) >= 11 is 1.84. The molecule has 0 amide bonds. The number of hydrogen-bond acceptors (Lipinski definition) is 5. The second-order valence-corrected chi connectivity index (χ2v) is 8.77. The molecule has 0 aliphatic carbocycles. The molecule has 2 fully saturated rings. The molecule has 2 saturated heterocycles. The molecular weight excluding hydrogens is 274 g/mol.